The Balaban J connectivity index is 2.24. The van der Waals surface area contributed by atoms with E-state index < -0.39 is 28.2 Å². The van der Waals surface area contributed by atoms with Crippen molar-refractivity contribution >= 4 is 16.0 Å². The van der Waals surface area contributed by atoms with Crippen LogP contribution in [0.25, 0.3) is 0 Å². The normalized spacial score (nSPS) is 23.8. The van der Waals surface area contributed by atoms with Gasteiger partial charge in [0.05, 0.1) is 29.8 Å². The Morgan fingerprint density at radius 3 is 2.15 bits per heavy atom. The summed E-state index contributed by atoms with van der Waals surface area (Å²) < 4.78 is 30.1. The van der Waals surface area contributed by atoms with E-state index in [2.05, 4.69) is 4.74 Å². The van der Waals surface area contributed by atoms with Crippen molar-refractivity contribution in [1.82, 2.24) is 4.31 Å². The quantitative estimate of drug-likeness (QED) is 0.708. The minimum Gasteiger partial charge on any atom is -0.465 e. The number of hydrogen-bond acceptors (Lipinski definition) is 6. The minimum absolute atomic E-state index is 0.00791. The van der Waals surface area contributed by atoms with Crippen LogP contribution in [0.4, 0.5) is 0 Å². The smallest absolute Gasteiger partial charge is 0.337 e. The van der Waals surface area contributed by atoms with Gasteiger partial charge < -0.3 is 14.9 Å². The number of esters is 1. The molecule has 1 aromatic rings. The van der Waals surface area contributed by atoms with Crippen molar-refractivity contribution in [3.8, 4) is 0 Å². The number of methoxy groups -OCH3 is 1. The third-order valence-electron chi connectivity index (χ3n) is 3.14. The molecule has 0 saturated carbocycles. The Labute approximate surface area is 116 Å². The van der Waals surface area contributed by atoms with Crippen molar-refractivity contribution in [3.63, 3.8) is 0 Å². The predicted octanol–water partition coefficient (Wildman–Crippen LogP) is -0.801. The first kappa shape index (κ1) is 14.9. The van der Waals surface area contributed by atoms with Gasteiger partial charge in [0, 0.05) is 13.1 Å². The van der Waals surface area contributed by atoms with E-state index in [0.29, 0.717) is 0 Å². The number of aliphatic hydroxyl groups is 2. The van der Waals surface area contributed by atoms with Gasteiger partial charge in [-0.25, -0.2) is 13.2 Å². The number of ether oxygens (including phenoxy) is 1. The van der Waals surface area contributed by atoms with Gasteiger partial charge in [-0.15, -0.1) is 0 Å². The molecular formula is C12H15NO6S. The SMILES string of the molecule is COC(=O)c1ccc(S(=O)(=O)N2CC(O)C(O)C2)cc1. The molecule has 110 valence electrons. The lowest BCUT2D eigenvalue weighted by Crippen LogP contribution is -2.30. The number of hydrogen-bond donors (Lipinski definition) is 2. The lowest BCUT2D eigenvalue weighted by atomic mass is 10.2. The van der Waals surface area contributed by atoms with E-state index in [1.54, 1.807) is 0 Å². The van der Waals surface area contributed by atoms with E-state index in [-0.39, 0.29) is 23.5 Å². The summed E-state index contributed by atoms with van der Waals surface area (Å²) in [4.78, 5) is 11.3. The molecule has 0 aromatic heterocycles. The molecular weight excluding hydrogens is 286 g/mol. The monoisotopic (exact) mass is 301 g/mol. The summed E-state index contributed by atoms with van der Waals surface area (Å²) in [6, 6.07) is 5.28. The second-order valence-electron chi connectivity index (χ2n) is 4.47. The molecule has 1 fully saturated rings. The third kappa shape index (κ3) is 2.68. The van der Waals surface area contributed by atoms with E-state index in [4.69, 9.17) is 0 Å². The molecule has 1 aliphatic rings. The standard InChI is InChI=1S/C12H15NO6S/c1-19-12(16)8-2-4-9(5-3-8)20(17,18)13-6-10(14)11(15)7-13/h2-5,10-11,14-15H,6-7H2,1H3. The van der Waals surface area contributed by atoms with Gasteiger partial charge in [-0.2, -0.15) is 4.31 Å². The number of β-amino-alcohol motifs (C(OH)–C–C–N with tert-alkyl or cyclic N) is 2. The van der Waals surface area contributed by atoms with Gasteiger partial charge in [0.1, 0.15) is 0 Å². The van der Waals surface area contributed by atoms with Crippen LogP contribution in [0.15, 0.2) is 29.2 Å². The Hall–Kier alpha value is -1.48. The van der Waals surface area contributed by atoms with Gasteiger partial charge in [0.25, 0.3) is 0 Å². The molecule has 0 bridgehead atoms. The highest BCUT2D eigenvalue weighted by Gasteiger charge is 2.37. The number of aliphatic hydroxyl groups excluding tert-OH is 2. The molecule has 1 heterocycles. The van der Waals surface area contributed by atoms with Crippen LogP contribution in [-0.4, -0.2) is 61.3 Å². The van der Waals surface area contributed by atoms with Crippen molar-refractivity contribution in [2.45, 2.75) is 17.1 Å². The van der Waals surface area contributed by atoms with Crippen molar-refractivity contribution < 1.29 is 28.2 Å². The molecule has 7 nitrogen and oxygen atoms in total. The largest absolute Gasteiger partial charge is 0.465 e. The average Bonchev–Trinajstić information content (AvgIpc) is 2.78. The highest BCUT2D eigenvalue weighted by molar-refractivity contribution is 7.89. The summed E-state index contributed by atoms with van der Waals surface area (Å²) in [5.74, 6) is -0.555. The van der Waals surface area contributed by atoms with Gasteiger partial charge in [-0.05, 0) is 24.3 Å². The van der Waals surface area contributed by atoms with Crippen LogP contribution >= 0.6 is 0 Å². The zero-order valence-electron chi connectivity index (χ0n) is 10.8. The second-order valence-corrected chi connectivity index (χ2v) is 6.41. The molecule has 2 atom stereocenters. The van der Waals surface area contributed by atoms with E-state index in [1.165, 1.54) is 31.4 Å². The number of benzene rings is 1. The number of nitrogens with zero attached hydrogens (tertiary/aromatic N) is 1. The second kappa shape index (κ2) is 5.49. The van der Waals surface area contributed by atoms with Crippen LogP contribution in [-0.2, 0) is 14.8 Å². The Kier molecular flexibility index (Phi) is 4.09. The summed E-state index contributed by atoms with van der Waals surface area (Å²) in [5.41, 5.74) is 0.243. The molecule has 2 unspecified atom stereocenters. The van der Waals surface area contributed by atoms with Gasteiger partial charge in [-0.1, -0.05) is 0 Å². The number of sulfonamides is 1. The zero-order chi connectivity index (χ0) is 14.9. The summed E-state index contributed by atoms with van der Waals surface area (Å²) in [6.45, 7) is -0.301. The fraction of sp³-hybridized carbons (Fsp3) is 0.417. The number of carbonyl (C=O) groups is 1. The van der Waals surface area contributed by atoms with Gasteiger partial charge in [0.15, 0.2) is 0 Å². The zero-order valence-corrected chi connectivity index (χ0v) is 11.6. The maximum Gasteiger partial charge on any atom is 0.337 e. The summed E-state index contributed by atoms with van der Waals surface area (Å²) in [7, 11) is -2.56. The van der Waals surface area contributed by atoms with Crippen molar-refractivity contribution in [3.05, 3.63) is 29.8 Å². The van der Waals surface area contributed by atoms with Gasteiger partial charge in [-0.3, -0.25) is 0 Å². The minimum atomic E-state index is -3.79. The lowest BCUT2D eigenvalue weighted by molar-refractivity contribution is 0.0572. The first-order chi connectivity index (χ1) is 9.36. The third-order valence-corrected chi connectivity index (χ3v) is 4.98. The highest BCUT2D eigenvalue weighted by atomic mass is 32.2. The van der Waals surface area contributed by atoms with Crippen LogP contribution in [0.2, 0.25) is 0 Å². The fourth-order valence-electron chi connectivity index (χ4n) is 1.96. The highest BCUT2D eigenvalue weighted by Crippen LogP contribution is 2.21. The summed E-state index contributed by atoms with van der Waals surface area (Å²) >= 11 is 0. The molecule has 0 spiro atoms. The van der Waals surface area contributed by atoms with Crippen molar-refractivity contribution in [2.75, 3.05) is 20.2 Å². The first-order valence-electron chi connectivity index (χ1n) is 5.91. The number of carbonyl (C=O) groups excluding carboxylic acids is 1. The Morgan fingerprint density at radius 1 is 1.20 bits per heavy atom. The topological polar surface area (TPSA) is 104 Å². The molecule has 8 heteroatoms. The Bertz CT molecular complexity index is 587. The predicted molar refractivity (Wildman–Crippen MR) is 68.6 cm³/mol. The molecule has 20 heavy (non-hydrogen) atoms. The van der Waals surface area contributed by atoms with Crippen LogP contribution in [0.5, 0.6) is 0 Å². The van der Waals surface area contributed by atoms with Crippen molar-refractivity contribution in [2.24, 2.45) is 0 Å². The average molecular weight is 301 g/mol. The summed E-state index contributed by atoms with van der Waals surface area (Å²) in [6.07, 6.45) is -2.17. The molecule has 0 amide bonds. The van der Waals surface area contributed by atoms with E-state index in [9.17, 15) is 23.4 Å². The number of rotatable bonds is 3. The van der Waals surface area contributed by atoms with E-state index in [1.807, 2.05) is 0 Å². The van der Waals surface area contributed by atoms with Crippen LogP contribution in [0.3, 0.4) is 0 Å². The van der Waals surface area contributed by atoms with E-state index in [0.717, 1.165) is 4.31 Å². The fourth-order valence-corrected chi connectivity index (χ4v) is 3.44. The molecule has 2 rings (SSSR count). The molecule has 1 saturated heterocycles. The van der Waals surface area contributed by atoms with Gasteiger partial charge >= 0.3 is 5.97 Å². The maximum absolute atomic E-state index is 12.3. The Morgan fingerprint density at radius 2 is 1.70 bits per heavy atom. The van der Waals surface area contributed by atoms with Crippen LogP contribution in [0.1, 0.15) is 10.4 Å². The van der Waals surface area contributed by atoms with E-state index >= 15 is 0 Å². The molecule has 1 aliphatic heterocycles. The van der Waals surface area contributed by atoms with Gasteiger partial charge in [0.2, 0.25) is 10.0 Å². The summed E-state index contributed by atoms with van der Waals surface area (Å²) in [5, 5.41) is 18.8. The molecule has 1 aromatic carbocycles. The lowest BCUT2D eigenvalue weighted by Gasteiger charge is -2.15. The van der Waals surface area contributed by atoms with Crippen LogP contribution < -0.4 is 0 Å². The first-order valence-corrected chi connectivity index (χ1v) is 7.35. The van der Waals surface area contributed by atoms with Crippen molar-refractivity contribution in [1.29, 1.82) is 0 Å². The van der Waals surface area contributed by atoms with Crippen LogP contribution in [0, 0.1) is 0 Å². The maximum atomic E-state index is 12.3. The molecule has 2 N–H and O–H groups in total. The molecule has 0 aliphatic carbocycles. The molecule has 0 radical (unpaired) electrons.